The van der Waals surface area contributed by atoms with Crippen molar-refractivity contribution in [2.24, 2.45) is 0 Å². The minimum atomic E-state index is 0.656. The second-order valence-electron chi connectivity index (χ2n) is 3.29. The standard InChI is InChI=1S/C12H16N2S/c1-14-10-11-5-4-6-12(9-11)15-8-3-2-7-13/h4-6,9,14H,2-3,8,10H2,1H3. The van der Waals surface area contributed by atoms with Crippen LogP contribution < -0.4 is 5.32 Å². The molecule has 1 aromatic rings. The molecule has 0 saturated carbocycles. The lowest BCUT2D eigenvalue weighted by molar-refractivity contribution is 0.815. The fourth-order valence-electron chi connectivity index (χ4n) is 1.29. The summed E-state index contributed by atoms with van der Waals surface area (Å²) in [6.45, 7) is 0.909. The smallest absolute Gasteiger partial charge is 0.0622 e. The first-order chi connectivity index (χ1) is 7.36. The van der Waals surface area contributed by atoms with Crippen LogP contribution >= 0.6 is 11.8 Å². The quantitative estimate of drug-likeness (QED) is 0.591. The molecule has 80 valence electrons. The van der Waals surface area contributed by atoms with Gasteiger partial charge in [-0.15, -0.1) is 11.8 Å². The number of nitrogens with one attached hydrogen (secondary N) is 1. The first-order valence-electron chi connectivity index (χ1n) is 5.10. The molecule has 0 aliphatic heterocycles. The van der Waals surface area contributed by atoms with E-state index in [-0.39, 0.29) is 0 Å². The Morgan fingerprint density at radius 3 is 3.07 bits per heavy atom. The molecule has 0 aromatic heterocycles. The SMILES string of the molecule is CNCc1cccc(SCCCC#N)c1. The van der Waals surface area contributed by atoms with Crippen molar-refractivity contribution < 1.29 is 0 Å². The summed E-state index contributed by atoms with van der Waals surface area (Å²) in [5, 5.41) is 11.5. The summed E-state index contributed by atoms with van der Waals surface area (Å²) in [5.74, 6) is 1.02. The summed E-state index contributed by atoms with van der Waals surface area (Å²) in [6, 6.07) is 10.7. The molecule has 2 nitrogen and oxygen atoms in total. The maximum absolute atomic E-state index is 8.41. The molecular formula is C12H16N2S. The first-order valence-corrected chi connectivity index (χ1v) is 6.08. The Morgan fingerprint density at radius 1 is 1.47 bits per heavy atom. The van der Waals surface area contributed by atoms with Crippen molar-refractivity contribution in [1.82, 2.24) is 5.32 Å². The number of unbranched alkanes of at least 4 members (excludes halogenated alkanes) is 1. The van der Waals surface area contributed by atoms with Crippen LogP contribution in [0.15, 0.2) is 29.2 Å². The van der Waals surface area contributed by atoms with Gasteiger partial charge in [-0.05, 0) is 36.9 Å². The number of nitrogens with zero attached hydrogens (tertiary/aromatic N) is 1. The third-order valence-corrected chi connectivity index (χ3v) is 3.06. The van der Waals surface area contributed by atoms with E-state index in [4.69, 9.17) is 5.26 Å². The summed E-state index contributed by atoms with van der Waals surface area (Å²) < 4.78 is 0. The van der Waals surface area contributed by atoms with Crippen molar-refractivity contribution in [3.63, 3.8) is 0 Å². The van der Waals surface area contributed by atoms with E-state index in [1.165, 1.54) is 10.5 Å². The second-order valence-corrected chi connectivity index (χ2v) is 4.46. The van der Waals surface area contributed by atoms with Crippen molar-refractivity contribution in [2.45, 2.75) is 24.3 Å². The van der Waals surface area contributed by atoms with Gasteiger partial charge in [-0.3, -0.25) is 0 Å². The van der Waals surface area contributed by atoms with Crippen molar-refractivity contribution in [3.8, 4) is 6.07 Å². The van der Waals surface area contributed by atoms with Crippen molar-refractivity contribution in [3.05, 3.63) is 29.8 Å². The lowest BCUT2D eigenvalue weighted by atomic mass is 10.2. The number of hydrogen-bond acceptors (Lipinski definition) is 3. The van der Waals surface area contributed by atoms with E-state index in [1.54, 1.807) is 0 Å². The van der Waals surface area contributed by atoms with E-state index in [0.29, 0.717) is 6.42 Å². The zero-order valence-electron chi connectivity index (χ0n) is 8.99. The maximum atomic E-state index is 8.41. The predicted octanol–water partition coefficient (Wildman–Crippen LogP) is 2.80. The molecule has 3 heteroatoms. The van der Waals surface area contributed by atoms with Gasteiger partial charge in [0.05, 0.1) is 6.07 Å². The molecule has 1 rings (SSSR count). The number of benzene rings is 1. The van der Waals surface area contributed by atoms with Gasteiger partial charge in [0.1, 0.15) is 0 Å². The largest absolute Gasteiger partial charge is 0.316 e. The molecule has 15 heavy (non-hydrogen) atoms. The molecular weight excluding hydrogens is 204 g/mol. The van der Waals surface area contributed by atoms with Gasteiger partial charge >= 0.3 is 0 Å². The number of rotatable bonds is 6. The summed E-state index contributed by atoms with van der Waals surface area (Å²) in [7, 11) is 1.95. The van der Waals surface area contributed by atoms with Gasteiger partial charge in [0.25, 0.3) is 0 Å². The van der Waals surface area contributed by atoms with E-state index in [1.807, 2.05) is 18.8 Å². The van der Waals surface area contributed by atoms with Gasteiger partial charge in [0.15, 0.2) is 0 Å². The van der Waals surface area contributed by atoms with Crippen LogP contribution in [0.25, 0.3) is 0 Å². The third kappa shape index (κ3) is 4.87. The van der Waals surface area contributed by atoms with Gasteiger partial charge in [0.2, 0.25) is 0 Å². The Morgan fingerprint density at radius 2 is 2.33 bits per heavy atom. The van der Waals surface area contributed by atoms with Gasteiger partial charge in [-0.1, -0.05) is 12.1 Å². The van der Waals surface area contributed by atoms with Gasteiger partial charge in [-0.25, -0.2) is 0 Å². The molecule has 0 amide bonds. The minimum Gasteiger partial charge on any atom is -0.316 e. The summed E-state index contributed by atoms with van der Waals surface area (Å²) >= 11 is 1.82. The molecule has 0 spiro atoms. The number of nitriles is 1. The van der Waals surface area contributed by atoms with Crippen molar-refractivity contribution >= 4 is 11.8 Å². The minimum absolute atomic E-state index is 0.656. The molecule has 0 aliphatic rings. The Bertz CT molecular complexity index is 331. The zero-order chi connectivity index (χ0) is 10.9. The molecule has 0 unspecified atom stereocenters. The average molecular weight is 220 g/mol. The lowest BCUT2D eigenvalue weighted by Crippen LogP contribution is -2.04. The summed E-state index contributed by atoms with van der Waals surface area (Å²) in [6.07, 6.45) is 1.63. The van der Waals surface area contributed by atoms with Crippen LogP contribution in [0.2, 0.25) is 0 Å². The monoisotopic (exact) mass is 220 g/mol. The van der Waals surface area contributed by atoms with Gasteiger partial charge in [-0.2, -0.15) is 5.26 Å². The molecule has 0 saturated heterocycles. The lowest BCUT2D eigenvalue weighted by Gasteiger charge is -2.03. The molecule has 0 fully saturated rings. The zero-order valence-corrected chi connectivity index (χ0v) is 9.81. The van der Waals surface area contributed by atoms with Crippen LogP contribution in [0.4, 0.5) is 0 Å². The molecule has 1 aromatic carbocycles. The highest BCUT2D eigenvalue weighted by Crippen LogP contribution is 2.20. The van der Waals surface area contributed by atoms with Crippen LogP contribution in [0.1, 0.15) is 18.4 Å². The fourth-order valence-corrected chi connectivity index (χ4v) is 2.22. The van der Waals surface area contributed by atoms with Crippen LogP contribution in [0.3, 0.4) is 0 Å². The molecule has 0 radical (unpaired) electrons. The Hall–Kier alpha value is -0.980. The highest BCUT2D eigenvalue weighted by molar-refractivity contribution is 7.99. The van der Waals surface area contributed by atoms with Gasteiger partial charge in [0, 0.05) is 17.9 Å². The molecule has 0 aliphatic carbocycles. The summed E-state index contributed by atoms with van der Waals surface area (Å²) in [5.41, 5.74) is 1.31. The molecule has 0 heterocycles. The summed E-state index contributed by atoms with van der Waals surface area (Å²) in [4.78, 5) is 1.29. The van der Waals surface area contributed by atoms with Crippen molar-refractivity contribution in [1.29, 1.82) is 5.26 Å². The highest BCUT2D eigenvalue weighted by atomic mass is 32.2. The van der Waals surface area contributed by atoms with Gasteiger partial charge < -0.3 is 5.32 Å². The Balaban J connectivity index is 2.40. The number of thioether (sulfide) groups is 1. The predicted molar refractivity (Wildman–Crippen MR) is 64.8 cm³/mol. The van der Waals surface area contributed by atoms with E-state index < -0.39 is 0 Å². The molecule has 0 bridgehead atoms. The van der Waals surface area contributed by atoms with Crippen LogP contribution in [-0.2, 0) is 6.54 Å². The third-order valence-electron chi connectivity index (χ3n) is 1.98. The average Bonchev–Trinajstić information content (AvgIpc) is 2.26. The fraction of sp³-hybridized carbons (Fsp3) is 0.417. The Labute approximate surface area is 95.7 Å². The van der Waals surface area contributed by atoms with Crippen LogP contribution in [-0.4, -0.2) is 12.8 Å². The second kappa shape index (κ2) is 7.33. The topological polar surface area (TPSA) is 35.8 Å². The van der Waals surface area contributed by atoms with E-state index >= 15 is 0 Å². The molecule has 0 atom stereocenters. The Kier molecular flexibility index (Phi) is 5.91. The van der Waals surface area contributed by atoms with E-state index in [2.05, 4.69) is 35.7 Å². The first kappa shape index (κ1) is 12.1. The van der Waals surface area contributed by atoms with Crippen LogP contribution in [0.5, 0.6) is 0 Å². The normalized spacial score (nSPS) is 9.87. The van der Waals surface area contributed by atoms with Crippen molar-refractivity contribution in [2.75, 3.05) is 12.8 Å². The van der Waals surface area contributed by atoms with Crippen LogP contribution in [0, 0.1) is 11.3 Å². The maximum Gasteiger partial charge on any atom is 0.0622 e. The number of hydrogen-bond donors (Lipinski definition) is 1. The molecule has 1 N–H and O–H groups in total. The van der Waals surface area contributed by atoms with E-state index in [9.17, 15) is 0 Å². The highest BCUT2D eigenvalue weighted by Gasteiger charge is 1.96. The van der Waals surface area contributed by atoms with E-state index in [0.717, 1.165) is 18.7 Å².